The number of nitrogens with two attached hydrogens (primary N) is 1. The summed E-state index contributed by atoms with van der Waals surface area (Å²) in [6.07, 6.45) is 5.21. The molecule has 0 aliphatic heterocycles. The Hall–Kier alpha value is -1.54. The van der Waals surface area contributed by atoms with E-state index in [0.717, 1.165) is 0 Å². The van der Waals surface area contributed by atoms with Crippen LogP contribution < -0.4 is 16.4 Å². The molecule has 0 aromatic rings. The Labute approximate surface area is 83.4 Å². The molecule has 0 aromatic heterocycles. The van der Waals surface area contributed by atoms with Crippen molar-refractivity contribution in [3.8, 4) is 12.3 Å². The van der Waals surface area contributed by atoms with Crippen LogP contribution in [0.1, 0.15) is 13.3 Å². The Morgan fingerprint density at radius 3 is 2.50 bits per heavy atom. The Bertz CT molecular complexity index is 245. The Balaban J connectivity index is 3.54. The highest BCUT2D eigenvalue weighted by molar-refractivity contribution is 5.81. The second-order valence-electron chi connectivity index (χ2n) is 2.79. The highest BCUT2D eigenvalue weighted by Gasteiger charge is 2.10. The molecule has 0 fully saturated rings. The molecule has 5 nitrogen and oxygen atoms in total. The van der Waals surface area contributed by atoms with Crippen molar-refractivity contribution in [3.05, 3.63) is 0 Å². The van der Waals surface area contributed by atoms with Crippen molar-refractivity contribution < 1.29 is 9.59 Å². The standard InChI is InChI=1S/C9H15N3O2/c1-3-4-8(10)9(14)12-6-5-11-7(2)13/h1,8H,4-6,10H2,2H3,(H,11,13)(H,12,14). The number of carbonyl (C=O) groups excluding carboxylic acids is 2. The number of nitrogens with one attached hydrogen (secondary N) is 2. The van der Waals surface area contributed by atoms with Crippen LogP contribution in [0.4, 0.5) is 0 Å². The first-order chi connectivity index (χ1) is 6.57. The maximum atomic E-state index is 11.1. The minimum atomic E-state index is -0.669. The number of carbonyl (C=O) groups is 2. The van der Waals surface area contributed by atoms with E-state index in [-0.39, 0.29) is 18.2 Å². The van der Waals surface area contributed by atoms with Gasteiger partial charge in [-0.1, -0.05) is 0 Å². The minimum absolute atomic E-state index is 0.132. The quantitative estimate of drug-likeness (QED) is 0.374. The lowest BCUT2D eigenvalue weighted by Crippen LogP contribution is -2.43. The van der Waals surface area contributed by atoms with Crippen LogP contribution in [0.2, 0.25) is 0 Å². The molecule has 0 saturated carbocycles. The Morgan fingerprint density at radius 2 is 2.00 bits per heavy atom. The van der Waals surface area contributed by atoms with Crippen LogP contribution in [0.15, 0.2) is 0 Å². The SMILES string of the molecule is C#CCC(N)C(=O)NCCNC(C)=O. The molecule has 0 radical (unpaired) electrons. The van der Waals surface area contributed by atoms with Crippen LogP contribution in [-0.4, -0.2) is 30.9 Å². The van der Waals surface area contributed by atoms with Crippen molar-refractivity contribution in [1.29, 1.82) is 0 Å². The summed E-state index contributed by atoms with van der Waals surface area (Å²) >= 11 is 0. The number of rotatable bonds is 5. The monoisotopic (exact) mass is 197 g/mol. The normalized spacial score (nSPS) is 11.2. The minimum Gasteiger partial charge on any atom is -0.355 e. The van der Waals surface area contributed by atoms with Crippen LogP contribution in [0.5, 0.6) is 0 Å². The average Bonchev–Trinajstić information content (AvgIpc) is 2.12. The molecular formula is C9H15N3O2. The molecule has 78 valence electrons. The fraction of sp³-hybridized carbons (Fsp3) is 0.556. The van der Waals surface area contributed by atoms with E-state index in [1.165, 1.54) is 6.92 Å². The van der Waals surface area contributed by atoms with Crippen LogP contribution in [-0.2, 0) is 9.59 Å². The zero-order valence-corrected chi connectivity index (χ0v) is 8.17. The van der Waals surface area contributed by atoms with E-state index in [0.29, 0.717) is 13.1 Å². The first-order valence-electron chi connectivity index (χ1n) is 4.29. The largest absolute Gasteiger partial charge is 0.355 e. The predicted molar refractivity (Wildman–Crippen MR) is 53.1 cm³/mol. The van der Waals surface area contributed by atoms with Crippen molar-refractivity contribution in [2.24, 2.45) is 5.73 Å². The van der Waals surface area contributed by atoms with Gasteiger partial charge in [-0.25, -0.2) is 0 Å². The van der Waals surface area contributed by atoms with E-state index in [1.54, 1.807) is 0 Å². The van der Waals surface area contributed by atoms with Crippen LogP contribution in [0.3, 0.4) is 0 Å². The molecule has 0 heterocycles. The number of terminal acetylenes is 1. The first kappa shape index (κ1) is 12.5. The van der Waals surface area contributed by atoms with Crippen molar-refractivity contribution >= 4 is 11.8 Å². The number of hydrogen-bond donors (Lipinski definition) is 3. The van der Waals surface area contributed by atoms with E-state index in [2.05, 4.69) is 16.6 Å². The lowest BCUT2D eigenvalue weighted by atomic mass is 10.2. The highest BCUT2D eigenvalue weighted by atomic mass is 16.2. The van der Waals surface area contributed by atoms with E-state index < -0.39 is 6.04 Å². The van der Waals surface area contributed by atoms with Gasteiger partial charge in [0.05, 0.1) is 6.04 Å². The number of amides is 2. The summed E-state index contributed by atoms with van der Waals surface area (Å²) in [5.41, 5.74) is 5.43. The van der Waals surface area contributed by atoms with Crippen molar-refractivity contribution in [2.75, 3.05) is 13.1 Å². The molecule has 4 N–H and O–H groups in total. The second kappa shape index (κ2) is 6.92. The fourth-order valence-electron chi connectivity index (χ4n) is 0.775. The van der Waals surface area contributed by atoms with Gasteiger partial charge in [0, 0.05) is 26.4 Å². The zero-order valence-electron chi connectivity index (χ0n) is 8.17. The molecule has 0 rings (SSSR count). The van der Waals surface area contributed by atoms with Gasteiger partial charge in [-0.15, -0.1) is 12.3 Å². The third-order valence-electron chi connectivity index (χ3n) is 1.47. The van der Waals surface area contributed by atoms with Gasteiger partial charge in [0.25, 0.3) is 0 Å². The molecule has 14 heavy (non-hydrogen) atoms. The second-order valence-corrected chi connectivity index (χ2v) is 2.79. The fourth-order valence-corrected chi connectivity index (χ4v) is 0.775. The molecule has 5 heteroatoms. The molecule has 0 bridgehead atoms. The molecule has 0 aliphatic rings. The van der Waals surface area contributed by atoms with Crippen molar-refractivity contribution in [2.45, 2.75) is 19.4 Å². The summed E-state index contributed by atoms with van der Waals surface area (Å²) < 4.78 is 0. The Kier molecular flexibility index (Phi) is 6.16. The summed E-state index contributed by atoms with van der Waals surface area (Å²) in [7, 11) is 0. The van der Waals surface area contributed by atoms with Gasteiger partial charge in [0.1, 0.15) is 0 Å². The Morgan fingerprint density at radius 1 is 1.43 bits per heavy atom. The molecule has 0 saturated heterocycles. The molecule has 1 unspecified atom stereocenters. The molecular weight excluding hydrogens is 182 g/mol. The van der Waals surface area contributed by atoms with Gasteiger partial charge >= 0.3 is 0 Å². The summed E-state index contributed by atoms with van der Waals surface area (Å²) in [4.78, 5) is 21.6. The highest BCUT2D eigenvalue weighted by Crippen LogP contribution is 1.84. The summed E-state index contributed by atoms with van der Waals surface area (Å²) in [5.74, 6) is 1.87. The van der Waals surface area contributed by atoms with Crippen LogP contribution in [0.25, 0.3) is 0 Å². The molecule has 2 amide bonds. The van der Waals surface area contributed by atoms with E-state index in [1.807, 2.05) is 0 Å². The maximum Gasteiger partial charge on any atom is 0.237 e. The van der Waals surface area contributed by atoms with Crippen LogP contribution >= 0.6 is 0 Å². The summed E-state index contributed by atoms with van der Waals surface area (Å²) in [5, 5.41) is 5.09. The van der Waals surface area contributed by atoms with Gasteiger partial charge < -0.3 is 16.4 Å². The molecule has 0 aliphatic carbocycles. The van der Waals surface area contributed by atoms with Gasteiger partial charge in [0.15, 0.2) is 0 Å². The van der Waals surface area contributed by atoms with Gasteiger partial charge in [-0.3, -0.25) is 9.59 Å². The van der Waals surface area contributed by atoms with Gasteiger partial charge in [0.2, 0.25) is 11.8 Å². The third-order valence-corrected chi connectivity index (χ3v) is 1.47. The number of hydrogen-bond acceptors (Lipinski definition) is 3. The smallest absolute Gasteiger partial charge is 0.237 e. The summed E-state index contributed by atoms with van der Waals surface area (Å²) in [6.45, 7) is 2.16. The maximum absolute atomic E-state index is 11.1. The lowest BCUT2D eigenvalue weighted by Gasteiger charge is -2.09. The molecule has 1 atom stereocenters. The summed E-state index contributed by atoms with van der Waals surface area (Å²) in [6, 6.07) is -0.669. The zero-order chi connectivity index (χ0) is 11.0. The average molecular weight is 197 g/mol. The van der Waals surface area contributed by atoms with Crippen LogP contribution in [0, 0.1) is 12.3 Å². The van der Waals surface area contributed by atoms with E-state index in [9.17, 15) is 9.59 Å². The first-order valence-corrected chi connectivity index (χ1v) is 4.29. The lowest BCUT2D eigenvalue weighted by molar-refractivity contribution is -0.123. The van der Waals surface area contributed by atoms with E-state index >= 15 is 0 Å². The van der Waals surface area contributed by atoms with E-state index in [4.69, 9.17) is 12.2 Å². The van der Waals surface area contributed by atoms with Gasteiger partial charge in [-0.2, -0.15) is 0 Å². The van der Waals surface area contributed by atoms with Gasteiger partial charge in [-0.05, 0) is 0 Å². The van der Waals surface area contributed by atoms with Crippen molar-refractivity contribution in [3.63, 3.8) is 0 Å². The molecule has 0 aromatic carbocycles. The van der Waals surface area contributed by atoms with Crippen molar-refractivity contribution in [1.82, 2.24) is 10.6 Å². The third kappa shape index (κ3) is 6.03. The topological polar surface area (TPSA) is 84.2 Å². The molecule has 0 spiro atoms. The predicted octanol–water partition coefficient (Wildman–Crippen LogP) is -1.41.